The highest BCUT2D eigenvalue weighted by atomic mass is 16.6. The van der Waals surface area contributed by atoms with E-state index in [0.717, 1.165) is 0 Å². The van der Waals surface area contributed by atoms with Crippen molar-refractivity contribution in [3.63, 3.8) is 0 Å². The molecule has 0 heterocycles. The SMILES string of the molecule is C=CC(C(C)=O)C(C)NC(=O)OC(C)(C)C. The van der Waals surface area contributed by atoms with E-state index in [1.54, 1.807) is 27.7 Å². The maximum Gasteiger partial charge on any atom is 0.407 e. The lowest BCUT2D eigenvalue weighted by molar-refractivity contribution is -0.119. The first kappa shape index (κ1) is 14.7. The lowest BCUT2D eigenvalue weighted by Crippen LogP contribution is -2.42. The molecular formula is C12H21NO3. The number of alkyl carbamates (subject to hydrolysis) is 1. The summed E-state index contributed by atoms with van der Waals surface area (Å²) < 4.78 is 5.09. The summed E-state index contributed by atoms with van der Waals surface area (Å²) in [5.41, 5.74) is -0.538. The maximum absolute atomic E-state index is 11.4. The highest BCUT2D eigenvalue weighted by molar-refractivity contribution is 5.81. The first-order valence-corrected chi connectivity index (χ1v) is 5.30. The Balaban J connectivity index is 4.33. The van der Waals surface area contributed by atoms with Gasteiger partial charge in [0.05, 0.1) is 5.92 Å². The van der Waals surface area contributed by atoms with Crippen LogP contribution in [0.1, 0.15) is 34.6 Å². The van der Waals surface area contributed by atoms with Crippen molar-refractivity contribution in [2.24, 2.45) is 5.92 Å². The Bertz CT molecular complexity index is 278. The molecule has 16 heavy (non-hydrogen) atoms. The first-order valence-electron chi connectivity index (χ1n) is 5.30. The highest BCUT2D eigenvalue weighted by Gasteiger charge is 2.23. The minimum atomic E-state index is -0.538. The molecule has 0 rings (SSSR count). The second-order valence-electron chi connectivity index (χ2n) is 4.81. The average molecular weight is 227 g/mol. The molecule has 0 saturated heterocycles. The second-order valence-corrected chi connectivity index (χ2v) is 4.81. The number of nitrogens with one attached hydrogen (secondary N) is 1. The molecule has 0 aromatic carbocycles. The Morgan fingerprint density at radius 2 is 1.88 bits per heavy atom. The smallest absolute Gasteiger partial charge is 0.407 e. The van der Waals surface area contributed by atoms with E-state index in [1.165, 1.54) is 13.0 Å². The van der Waals surface area contributed by atoms with E-state index >= 15 is 0 Å². The molecule has 2 unspecified atom stereocenters. The molecular weight excluding hydrogens is 206 g/mol. The molecule has 0 aliphatic heterocycles. The normalized spacial score (nSPS) is 14.8. The third-order valence-corrected chi connectivity index (χ3v) is 2.01. The third-order valence-electron chi connectivity index (χ3n) is 2.01. The largest absolute Gasteiger partial charge is 0.444 e. The molecule has 1 N–H and O–H groups in total. The molecule has 0 fully saturated rings. The summed E-state index contributed by atoms with van der Waals surface area (Å²) in [6.07, 6.45) is 1.01. The summed E-state index contributed by atoms with van der Waals surface area (Å²) >= 11 is 0. The van der Waals surface area contributed by atoms with Crippen LogP contribution in [0.2, 0.25) is 0 Å². The Kier molecular flexibility index (Phi) is 5.21. The van der Waals surface area contributed by atoms with E-state index in [9.17, 15) is 9.59 Å². The van der Waals surface area contributed by atoms with E-state index in [-0.39, 0.29) is 17.7 Å². The van der Waals surface area contributed by atoms with Crippen LogP contribution in [0.25, 0.3) is 0 Å². The number of carbonyl (C=O) groups excluding carboxylic acids is 2. The van der Waals surface area contributed by atoms with Crippen LogP contribution < -0.4 is 5.32 Å². The van der Waals surface area contributed by atoms with Crippen LogP contribution in [-0.4, -0.2) is 23.5 Å². The lowest BCUT2D eigenvalue weighted by Gasteiger charge is -2.24. The highest BCUT2D eigenvalue weighted by Crippen LogP contribution is 2.10. The van der Waals surface area contributed by atoms with Crippen LogP contribution in [0.3, 0.4) is 0 Å². The summed E-state index contributed by atoms with van der Waals surface area (Å²) in [6, 6.07) is -0.315. The minimum absolute atomic E-state index is 0.0291. The van der Waals surface area contributed by atoms with Gasteiger partial charge >= 0.3 is 6.09 Å². The molecule has 0 spiro atoms. The van der Waals surface area contributed by atoms with Crippen molar-refractivity contribution in [1.29, 1.82) is 0 Å². The van der Waals surface area contributed by atoms with Crippen LogP contribution >= 0.6 is 0 Å². The Labute approximate surface area is 97.1 Å². The monoisotopic (exact) mass is 227 g/mol. The number of hydrogen-bond donors (Lipinski definition) is 1. The van der Waals surface area contributed by atoms with Gasteiger partial charge in [-0.25, -0.2) is 4.79 Å². The van der Waals surface area contributed by atoms with Crippen molar-refractivity contribution < 1.29 is 14.3 Å². The number of ether oxygens (including phenoxy) is 1. The van der Waals surface area contributed by atoms with E-state index in [1.807, 2.05) is 0 Å². The molecule has 0 aromatic rings. The first-order chi connectivity index (χ1) is 7.17. The molecule has 0 bridgehead atoms. The number of Topliss-reactive ketones (excluding diaryl/α,β-unsaturated/α-hetero) is 1. The fraction of sp³-hybridized carbons (Fsp3) is 0.667. The van der Waals surface area contributed by atoms with Crippen molar-refractivity contribution in [3.8, 4) is 0 Å². The van der Waals surface area contributed by atoms with E-state index in [4.69, 9.17) is 4.74 Å². The minimum Gasteiger partial charge on any atom is -0.444 e. The van der Waals surface area contributed by atoms with Crippen molar-refractivity contribution >= 4 is 11.9 Å². The van der Waals surface area contributed by atoms with Gasteiger partial charge in [0, 0.05) is 6.04 Å². The number of carbonyl (C=O) groups is 2. The van der Waals surface area contributed by atoms with Gasteiger partial charge in [0.2, 0.25) is 0 Å². The van der Waals surface area contributed by atoms with Crippen LogP contribution in [0.4, 0.5) is 4.79 Å². The number of ketones is 1. The predicted octanol–water partition coefficient (Wildman–Crippen LogP) is 2.29. The standard InChI is InChI=1S/C12H21NO3/c1-7-10(9(3)14)8(2)13-11(15)16-12(4,5)6/h7-8,10H,1H2,2-6H3,(H,13,15). The summed E-state index contributed by atoms with van der Waals surface area (Å²) in [5, 5.41) is 2.62. The fourth-order valence-corrected chi connectivity index (χ4v) is 1.31. The van der Waals surface area contributed by atoms with Crippen molar-refractivity contribution in [2.45, 2.75) is 46.3 Å². The van der Waals surface area contributed by atoms with Gasteiger partial charge in [-0.2, -0.15) is 0 Å². The zero-order valence-electron chi connectivity index (χ0n) is 10.7. The summed E-state index contributed by atoms with van der Waals surface area (Å²) in [6.45, 7) is 12.1. The van der Waals surface area contributed by atoms with Crippen molar-refractivity contribution in [2.75, 3.05) is 0 Å². The van der Waals surface area contributed by atoms with E-state index in [0.29, 0.717) is 0 Å². The van der Waals surface area contributed by atoms with Gasteiger partial charge in [-0.05, 0) is 34.6 Å². The molecule has 0 aromatic heterocycles. The van der Waals surface area contributed by atoms with Gasteiger partial charge in [0.15, 0.2) is 0 Å². The molecule has 0 aliphatic carbocycles. The number of amides is 1. The van der Waals surface area contributed by atoms with Crippen molar-refractivity contribution in [1.82, 2.24) is 5.32 Å². The van der Waals surface area contributed by atoms with E-state index < -0.39 is 11.7 Å². The zero-order chi connectivity index (χ0) is 12.9. The van der Waals surface area contributed by atoms with Gasteiger partial charge in [-0.1, -0.05) is 6.08 Å². The van der Waals surface area contributed by atoms with E-state index in [2.05, 4.69) is 11.9 Å². The van der Waals surface area contributed by atoms with Crippen molar-refractivity contribution in [3.05, 3.63) is 12.7 Å². The average Bonchev–Trinajstić information content (AvgIpc) is 1.99. The van der Waals surface area contributed by atoms with Gasteiger partial charge in [-0.15, -0.1) is 6.58 Å². The molecule has 1 amide bonds. The van der Waals surface area contributed by atoms with Gasteiger partial charge in [-0.3, -0.25) is 4.79 Å². The van der Waals surface area contributed by atoms with Crippen LogP contribution in [-0.2, 0) is 9.53 Å². The summed E-state index contributed by atoms with van der Waals surface area (Å²) in [5.74, 6) is -0.411. The number of hydrogen-bond acceptors (Lipinski definition) is 3. The quantitative estimate of drug-likeness (QED) is 0.750. The molecule has 0 saturated carbocycles. The molecule has 4 nitrogen and oxygen atoms in total. The Hall–Kier alpha value is -1.32. The van der Waals surface area contributed by atoms with Gasteiger partial charge in [0.25, 0.3) is 0 Å². The zero-order valence-corrected chi connectivity index (χ0v) is 10.7. The molecule has 0 aliphatic rings. The summed E-state index contributed by atoms with van der Waals surface area (Å²) in [4.78, 5) is 22.7. The van der Waals surface area contributed by atoms with Crippen LogP contribution in [0, 0.1) is 5.92 Å². The van der Waals surface area contributed by atoms with Crippen LogP contribution in [0.5, 0.6) is 0 Å². The van der Waals surface area contributed by atoms with Gasteiger partial charge in [0.1, 0.15) is 11.4 Å². The maximum atomic E-state index is 11.4. The Morgan fingerprint density at radius 3 is 2.19 bits per heavy atom. The summed E-state index contributed by atoms with van der Waals surface area (Å²) in [7, 11) is 0. The Morgan fingerprint density at radius 1 is 1.38 bits per heavy atom. The molecule has 2 atom stereocenters. The topological polar surface area (TPSA) is 55.4 Å². The lowest BCUT2D eigenvalue weighted by atomic mass is 9.97. The van der Waals surface area contributed by atoms with Gasteiger partial charge < -0.3 is 10.1 Å². The predicted molar refractivity (Wildman–Crippen MR) is 63.2 cm³/mol. The molecule has 0 radical (unpaired) electrons. The third kappa shape index (κ3) is 5.53. The molecule has 92 valence electrons. The van der Waals surface area contributed by atoms with Crippen LogP contribution in [0.15, 0.2) is 12.7 Å². The number of rotatable bonds is 4. The molecule has 4 heteroatoms. The second kappa shape index (κ2) is 5.68. The fourth-order valence-electron chi connectivity index (χ4n) is 1.31.